The van der Waals surface area contributed by atoms with Crippen LogP contribution in [0.2, 0.25) is 0 Å². The molecule has 1 aromatic heterocycles. The molecule has 0 saturated carbocycles. The fraction of sp³-hybridized carbons (Fsp3) is 0.600. The van der Waals surface area contributed by atoms with Gasteiger partial charge in [0.05, 0.1) is 6.20 Å². The third-order valence-corrected chi connectivity index (χ3v) is 2.19. The normalized spacial score (nSPS) is 12.8. The Morgan fingerprint density at radius 1 is 1.54 bits per heavy atom. The smallest absolute Gasteiger partial charge is 0.266 e. The van der Waals surface area contributed by atoms with E-state index in [1.54, 1.807) is 6.20 Å². The summed E-state index contributed by atoms with van der Waals surface area (Å²) in [4.78, 5) is 17.6. The Kier molecular flexibility index (Phi) is 3.68. The van der Waals surface area contributed by atoms with Gasteiger partial charge in [0, 0.05) is 11.9 Å². The average Bonchev–Trinajstić information content (AvgIpc) is 2.14. The second kappa shape index (κ2) is 4.80. The zero-order valence-corrected chi connectivity index (χ0v) is 8.21. The van der Waals surface area contributed by atoms with E-state index < -0.39 is 0 Å². The van der Waals surface area contributed by atoms with Crippen molar-refractivity contribution in [3.05, 3.63) is 28.4 Å². The summed E-state index contributed by atoms with van der Waals surface area (Å²) in [7, 11) is 0. The molecule has 13 heavy (non-hydrogen) atoms. The SMILES string of the molecule is CCCCC(C)c1cncc(=O)[nH]1. The van der Waals surface area contributed by atoms with Crippen LogP contribution in [0, 0.1) is 0 Å². The Labute approximate surface area is 78.2 Å². The summed E-state index contributed by atoms with van der Waals surface area (Å²) in [6.07, 6.45) is 6.53. The number of nitrogens with zero attached hydrogens (tertiary/aromatic N) is 1. The highest BCUT2D eigenvalue weighted by molar-refractivity contribution is 5.01. The summed E-state index contributed by atoms with van der Waals surface area (Å²) in [6, 6.07) is 0. The molecule has 1 unspecified atom stereocenters. The lowest BCUT2D eigenvalue weighted by Crippen LogP contribution is -2.10. The molecule has 0 aromatic carbocycles. The Morgan fingerprint density at radius 3 is 2.92 bits per heavy atom. The number of nitrogens with one attached hydrogen (secondary N) is 1. The van der Waals surface area contributed by atoms with Crippen LogP contribution in [-0.4, -0.2) is 9.97 Å². The molecular weight excluding hydrogens is 164 g/mol. The first-order chi connectivity index (χ1) is 6.24. The van der Waals surface area contributed by atoms with Crippen molar-refractivity contribution in [3.63, 3.8) is 0 Å². The van der Waals surface area contributed by atoms with Crippen molar-refractivity contribution in [3.8, 4) is 0 Å². The zero-order chi connectivity index (χ0) is 9.68. The third-order valence-electron chi connectivity index (χ3n) is 2.19. The lowest BCUT2D eigenvalue weighted by Gasteiger charge is -2.09. The van der Waals surface area contributed by atoms with Crippen molar-refractivity contribution in [2.24, 2.45) is 0 Å². The Hall–Kier alpha value is -1.12. The van der Waals surface area contributed by atoms with Gasteiger partial charge in [-0.25, -0.2) is 0 Å². The van der Waals surface area contributed by atoms with Gasteiger partial charge < -0.3 is 4.98 Å². The Morgan fingerprint density at radius 2 is 2.31 bits per heavy atom. The molecule has 72 valence electrons. The second-order valence-corrected chi connectivity index (χ2v) is 3.40. The average molecular weight is 180 g/mol. The molecule has 1 heterocycles. The molecule has 0 amide bonds. The van der Waals surface area contributed by atoms with Crippen molar-refractivity contribution < 1.29 is 0 Å². The number of aromatic amines is 1. The standard InChI is InChI=1S/C10H16N2O/c1-3-4-5-8(2)9-6-11-7-10(13)12-9/h6-8H,3-5H2,1-2H3,(H,12,13). The van der Waals surface area contributed by atoms with Crippen molar-refractivity contribution >= 4 is 0 Å². The fourth-order valence-electron chi connectivity index (χ4n) is 1.31. The summed E-state index contributed by atoms with van der Waals surface area (Å²) in [5.41, 5.74) is 0.835. The van der Waals surface area contributed by atoms with Gasteiger partial charge >= 0.3 is 0 Å². The molecule has 0 aliphatic carbocycles. The molecule has 0 bridgehead atoms. The van der Waals surface area contributed by atoms with Crippen molar-refractivity contribution in [1.29, 1.82) is 0 Å². The molecule has 1 rings (SSSR count). The van der Waals surface area contributed by atoms with E-state index in [0.29, 0.717) is 5.92 Å². The van der Waals surface area contributed by atoms with Crippen LogP contribution < -0.4 is 5.56 Å². The molecule has 1 aromatic rings. The van der Waals surface area contributed by atoms with Crippen molar-refractivity contribution in [2.45, 2.75) is 39.0 Å². The van der Waals surface area contributed by atoms with Gasteiger partial charge in [0.25, 0.3) is 5.56 Å². The maximum absolute atomic E-state index is 11.0. The Balaban J connectivity index is 2.65. The number of aromatic nitrogens is 2. The van der Waals surface area contributed by atoms with Crippen LogP contribution in [0.1, 0.15) is 44.7 Å². The molecule has 3 nitrogen and oxygen atoms in total. The molecule has 0 saturated heterocycles. The van der Waals surface area contributed by atoms with E-state index >= 15 is 0 Å². The molecule has 0 fully saturated rings. The lowest BCUT2D eigenvalue weighted by atomic mass is 10.0. The minimum atomic E-state index is -0.110. The number of unbranched alkanes of at least 4 members (excludes halogenated alkanes) is 1. The number of H-pyrrole nitrogens is 1. The summed E-state index contributed by atoms with van der Waals surface area (Å²) in [6.45, 7) is 4.28. The quantitative estimate of drug-likeness (QED) is 0.770. The highest BCUT2D eigenvalue weighted by Gasteiger charge is 2.05. The molecular formula is C10H16N2O. The van der Waals surface area contributed by atoms with Gasteiger partial charge in [-0.1, -0.05) is 26.7 Å². The minimum absolute atomic E-state index is 0.110. The predicted molar refractivity (Wildman–Crippen MR) is 52.8 cm³/mol. The maximum atomic E-state index is 11.0. The Bertz CT molecular complexity index is 306. The van der Waals surface area contributed by atoms with Crippen molar-refractivity contribution in [1.82, 2.24) is 9.97 Å². The van der Waals surface area contributed by atoms with Crippen LogP contribution in [0.3, 0.4) is 0 Å². The van der Waals surface area contributed by atoms with E-state index in [1.165, 1.54) is 19.0 Å². The predicted octanol–water partition coefficient (Wildman–Crippen LogP) is 2.06. The topological polar surface area (TPSA) is 45.8 Å². The third kappa shape index (κ3) is 3.01. The first-order valence-electron chi connectivity index (χ1n) is 4.78. The van der Waals surface area contributed by atoms with Crippen molar-refractivity contribution in [2.75, 3.05) is 0 Å². The molecule has 1 atom stereocenters. The molecule has 1 N–H and O–H groups in total. The molecule has 0 aliphatic heterocycles. The van der Waals surface area contributed by atoms with Gasteiger partial charge in [0.2, 0.25) is 0 Å². The monoisotopic (exact) mass is 180 g/mol. The van der Waals surface area contributed by atoms with E-state index in [9.17, 15) is 4.79 Å². The first-order valence-corrected chi connectivity index (χ1v) is 4.78. The summed E-state index contributed by atoms with van der Waals surface area (Å²) in [5, 5.41) is 0. The van der Waals surface area contributed by atoms with E-state index in [-0.39, 0.29) is 5.56 Å². The van der Waals surface area contributed by atoms with E-state index in [0.717, 1.165) is 12.1 Å². The highest BCUT2D eigenvalue weighted by atomic mass is 16.1. The first kappa shape index (κ1) is 9.96. The van der Waals surface area contributed by atoms with Gasteiger partial charge in [-0.15, -0.1) is 0 Å². The van der Waals surface area contributed by atoms with E-state index in [4.69, 9.17) is 0 Å². The van der Waals surface area contributed by atoms with Crippen LogP contribution in [0.25, 0.3) is 0 Å². The number of hydrogen-bond donors (Lipinski definition) is 1. The lowest BCUT2D eigenvalue weighted by molar-refractivity contribution is 0.607. The fourth-order valence-corrected chi connectivity index (χ4v) is 1.31. The number of hydrogen-bond acceptors (Lipinski definition) is 2. The molecule has 0 spiro atoms. The van der Waals surface area contributed by atoms with E-state index in [2.05, 4.69) is 23.8 Å². The second-order valence-electron chi connectivity index (χ2n) is 3.40. The van der Waals surface area contributed by atoms with Crippen LogP contribution in [0.15, 0.2) is 17.2 Å². The van der Waals surface area contributed by atoms with Crippen LogP contribution in [0.5, 0.6) is 0 Å². The molecule has 0 radical (unpaired) electrons. The molecule has 3 heteroatoms. The minimum Gasteiger partial charge on any atom is -0.323 e. The van der Waals surface area contributed by atoms with Gasteiger partial charge in [0.15, 0.2) is 0 Å². The van der Waals surface area contributed by atoms with E-state index in [1.807, 2.05) is 0 Å². The summed E-state index contributed by atoms with van der Waals surface area (Å²) in [5.74, 6) is 0.404. The van der Waals surface area contributed by atoms with Gasteiger partial charge in [-0.2, -0.15) is 0 Å². The van der Waals surface area contributed by atoms with Crippen LogP contribution in [-0.2, 0) is 0 Å². The number of rotatable bonds is 4. The highest BCUT2D eigenvalue weighted by Crippen LogP contribution is 2.17. The maximum Gasteiger partial charge on any atom is 0.266 e. The zero-order valence-electron chi connectivity index (χ0n) is 8.21. The largest absolute Gasteiger partial charge is 0.323 e. The molecule has 0 aliphatic rings. The van der Waals surface area contributed by atoms with Crippen LogP contribution in [0.4, 0.5) is 0 Å². The summed E-state index contributed by atoms with van der Waals surface area (Å²) < 4.78 is 0. The summed E-state index contributed by atoms with van der Waals surface area (Å²) >= 11 is 0. The van der Waals surface area contributed by atoms with Gasteiger partial charge in [0.1, 0.15) is 0 Å². The van der Waals surface area contributed by atoms with Gasteiger partial charge in [-0.3, -0.25) is 9.78 Å². The van der Waals surface area contributed by atoms with Gasteiger partial charge in [-0.05, 0) is 12.3 Å². The van der Waals surface area contributed by atoms with Crippen LogP contribution >= 0.6 is 0 Å².